The first-order valence-electron chi connectivity index (χ1n) is 4.59. The van der Waals surface area contributed by atoms with E-state index in [1.165, 1.54) is 0 Å². The first kappa shape index (κ1) is 15.2. The maximum absolute atomic E-state index is 11.3. The second kappa shape index (κ2) is 8.35. The van der Waals surface area contributed by atoms with E-state index in [0.29, 0.717) is 17.3 Å². The van der Waals surface area contributed by atoms with Gasteiger partial charge in [0.2, 0.25) is 5.91 Å². The lowest BCUT2D eigenvalue weighted by Gasteiger charge is -2.05. The first-order valence-corrected chi connectivity index (χ1v) is 4.97. The van der Waals surface area contributed by atoms with Gasteiger partial charge in [0.1, 0.15) is 0 Å². The summed E-state index contributed by atoms with van der Waals surface area (Å²) in [4.78, 5) is 11.3. The van der Waals surface area contributed by atoms with Crippen LogP contribution in [-0.2, 0) is 4.79 Å². The maximum atomic E-state index is 11.3. The van der Waals surface area contributed by atoms with E-state index in [-0.39, 0.29) is 31.5 Å². The summed E-state index contributed by atoms with van der Waals surface area (Å²) in [7, 11) is 0. The molecule has 1 rings (SSSR count). The number of aliphatic hydroxyl groups excluding tert-OH is 1. The monoisotopic (exact) mass is 264 g/mol. The summed E-state index contributed by atoms with van der Waals surface area (Å²) in [5, 5.41) is 14.6. The summed E-state index contributed by atoms with van der Waals surface area (Å²) < 4.78 is 0. The molecule has 0 aliphatic heterocycles. The van der Waals surface area contributed by atoms with Crippen LogP contribution in [0.3, 0.4) is 0 Å². The summed E-state index contributed by atoms with van der Waals surface area (Å²) in [6, 6.07) is 6.87. The predicted octanol–water partition coefficient (Wildman–Crippen LogP) is 1.28. The molecule has 16 heavy (non-hydrogen) atoms. The van der Waals surface area contributed by atoms with Crippen molar-refractivity contribution in [2.24, 2.45) is 0 Å². The molecule has 0 aromatic heterocycles. The highest BCUT2D eigenvalue weighted by atomic mass is 35.5. The van der Waals surface area contributed by atoms with Crippen molar-refractivity contribution < 1.29 is 9.90 Å². The van der Waals surface area contributed by atoms with Crippen LogP contribution in [-0.4, -0.2) is 30.7 Å². The van der Waals surface area contributed by atoms with Gasteiger partial charge in [0.25, 0.3) is 0 Å². The number of hydrogen-bond acceptors (Lipinski definition) is 3. The lowest BCUT2D eigenvalue weighted by molar-refractivity contribution is -0.115. The number of halogens is 2. The summed E-state index contributed by atoms with van der Waals surface area (Å²) in [5.41, 5.74) is 0.704. The van der Waals surface area contributed by atoms with Gasteiger partial charge in [-0.15, -0.1) is 12.4 Å². The van der Waals surface area contributed by atoms with Crippen molar-refractivity contribution in [1.82, 2.24) is 5.32 Å². The van der Waals surface area contributed by atoms with Crippen molar-refractivity contribution >= 4 is 35.6 Å². The lowest BCUT2D eigenvalue weighted by atomic mass is 10.3. The molecule has 90 valence electrons. The quantitative estimate of drug-likeness (QED) is 0.703. The summed E-state index contributed by atoms with van der Waals surface area (Å²) >= 11 is 5.70. The van der Waals surface area contributed by atoms with Crippen LogP contribution in [0.15, 0.2) is 24.3 Å². The van der Waals surface area contributed by atoms with Gasteiger partial charge in [0.15, 0.2) is 0 Å². The van der Waals surface area contributed by atoms with Crippen molar-refractivity contribution in [1.29, 1.82) is 0 Å². The van der Waals surface area contributed by atoms with Crippen LogP contribution < -0.4 is 10.6 Å². The smallest absolute Gasteiger partial charge is 0.238 e. The number of anilines is 1. The van der Waals surface area contributed by atoms with Crippen molar-refractivity contribution in [2.45, 2.75) is 0 Å². The standard InChI is InChI=1S/C10H13ClN2O2.ClH/c11-8-1-3-9(4-2-8)13-10(15)7-12-5-6-14;/h1-4,12,14H,5-7H2,(H,13,15);1H. The summed E-state index contributed by atoms with van der Waals surface area (Å²) in [6.45, 7) is 0.617. The number of carbonyl (C=O) groups excluding carboxylic acids is 1. The SMILES string of the molecule is Cl.O=C(CNCCO)Nc1ccc(Cl)cc1. The third kappa shape index (κ3) is 5.92. The van der Waals surface area contributed by atoms with E-state index in [4.69, 9.17) is 16.7 Å². The Morgan fingerprint density at radius 2 is 1.94 bits per heavy atom. The largest absolute Gasteiger partial charge is 0.395 e. The normalized spacial score (nSPS) is 9.38. The van der Waals surface area contributed by atoms with E-state index in [9.17, 15) is 4.79 Å². The number of aliphatic hydroxyl groups is 1. The zero-order valence-electron chi connectivity index (χ0n) is 8.57. The maximum Gasteiger partial charge on any atom is 0.238 e. The highest BCUT2D eigenvalue weighted by Gasteiger charge is 2.00. The highest BCUT2D eigenvalue weighted by molar-refractivity contribution is 6.30. The molecule has 0 bridgehead atoms. The second-order valence-corrected chi connectivity index (χ2v) is 3.39. The van der Waals surface area contributed by atoms with Gasteiger partial charge in [-0.05, 0) is 24.3 Å². The minimum Gasteiger partial charge on any atom is -0.395 e. The second-order valence-electron chi connectivity index (χ2n) is 2.96. The molecule has 0 aliphatic carbocycles. The molecular formula is C10H14Cl2N2O2. The highest BCUT2D eigenvalue weighted by Crippen LogP contribution is 2.12. The van der Waals surface area contributed by atoms with Gasteiger partial charge in [0, 0.05) is 17.3 Å². The summed E-state index contributed by atoms with van der Waals surface area (Å²) in [5.74, 6) is -0.147. The zero-order valence-corrected chi connectivity index (χ0v) is 10.1. The molecule has 1 aromatic carbocycles. The molecule has 1 aromatic rings. The van der Waals surface area contributed by atoms with E-state index >= 15 is 0 Å². The van der Waals surface area contributed by atoms with E-state index < -0.39 is 0 Å². The molecule has 6 heteroatoms. The van der Waals surface area contributed by atoms with Crippen molar-refractivity contribution in [2.75, 3.05) is 25.0 Å². The molecule has 0 unspecified atom stereocenters. The third-order valence-corrected chi connectivity index (χ3v) is 1.95. The van der Waals surface area contributed by atoms with Gasteiger partial charge in [-0.2, -0.15) is 0 Å². The Balaban J connectivity index is 0.00000225. The zero-order chi connectivity index (χ0) is 11.1. The molecule has 0 heterocycles. The van der Waals surface area contributed by atoms with E-state index in [0.717, 1.165) is 0 Å². The van der Waals surface area contributed by atoms with Crippen molar-refractivity contribution in [3.63, 3.8) is 0 Å². The molecular weight excluding hydrogens is 251 g/mol. The fourth-order valence-electron chi connectivity index (χ4n) is 1.02. The van der Waals surface area contributed by atoms with Crippen LogP contribution in [0.25, 0.3) is 0 Å². The Hall–Kier alpha value is -0.810. The Labute approximate surface area is 105 Å². The van der Waals surface area contributed by atoms with E-state index in [1.807, 2.05) is 0 Å². The first-order chi connectivity index (χ1) is 7.22. The fraction of sp³-hybridized carbons (Fsp3) is 0.300. The Morgan fingerprint density at radius 3 is 2.50 bits per heavy atom. The number of benzene rings is 1. The minimum absolute atomic E-state index is 0. The van der Waals surface area contributed by atoms with Gasteiger partial charge in [0.05, 0.1) is 13.2 Å². The minimum atomic E-state index is -0.147. The summed E-state index contributed by atoms with van der Waals surface area (Å²) in [6.07, 6.45) is 0. The molecule has 0 radical (unpaired) electrons. The Kier molecular flexibility index (Phi) is 7.93. The Bertz CT molecular complexity index is 317. The molecule has 4 nitrogen and oxygen atoms in total. The topological polar surface area (TPSA) is 61.4 Å². The molecule has 0 fully saturated rings. The van der Waals surface area contributed by atoms with Crippen LogP contribution in [0, 0.1) is 0 Å². The number of hydrogen-bond donors (Lipinski definition) is 3. The Morgan fingerprint density at radius 1 is 1.31 bits per heavy atom. The van der Waals surface area contributed by atoms with Gasteiger partial charge < -0.3 is 15.7 Å². The average Bonchev–Trinajstić information content (AvgIpc) is 2.22. The molecule has 0 aliphatic rings. The molecule has 0 spiro atoms. The molecule has 1 amide bonds. The van der Waals surface area contributed by atoms with Crippen LogP contribution in [0.4, 0.5) is 5.69 Å². The van der Waals surface area contributed by atoms with Crippen molar-refractivity contribution in [3.8, 4) is 0 Å². The van der Waals surface area contributed by atoms with E-state index in [2.05, 4.69) is 10.6 Å². The van der Waals surface area contributed by atoms with Gasteiger partial charge >= 0.3 is 0 Å². The number of amides is 1. The average molecular weight is 265 g/mol. The van der Waals surface area contributed by atoms with Gasteiger partial charge in [-0.25, -0.2) is 0 Å². The lowest BCUT2D eigenvalue weighted by Crippen LogP contribution is -2.29. The molecule has 0 atom stereocenters. The predicted molar refractivity (Wildman–Crippen MR) is 67.3 cm³/mol. The van der Waals surface area contributed by atoms with Gasteiger partial charge in [-0.1, -0.05) is 11.6 Å². The van der Waals surface area contributed by atoms with Crippen LogP contribution in [0.2, 0.25) is 5.02 Å². The number of nitrogens with one attached hydrogen (secondary N) is 2. The third-order valence-electron chi connectivity index (χ3n) is 1.70. The molecule has 0 saturated carbocycles. The fourth-order valence-corrected chi connectivity index (χ4v) is 1.15. The number of carbonyl (C=O) groups is 1. The van der Waals surface area contributed by atoms with Crippen LogP contribution in [0.1, 0.15) is 0 Å². The van der Waals surface area contributed by atoms with E-state index in [1.54, 1.807) is 24.3 Å². The molecule has 0 saturated heterocycles. The molecule has 3 N–H and O–H groups in total. The van der Waals surface area contributed by atoms with Crippen LogP contribution in [0.5, 0.6) is 0 Å². The number of rotatable bonds is 5. The van der Waals surface area contributed by atoms with Crippen LogP contribution >= 0.6 is 24.0 Å². The van der Waals surface area contributed by atoms with Gasteiger partial charge in [-0.3, -0.25) is 4.79 Å². The van der Waals surface area contributed by atoms with Crippen molar-refractivity contribution in [3.05, 3.63) is 29.3 Å².